The van der Waals surface area contributed by atoms with Crippen LogP contribution >= 0.6 is 0 Å². The molecule has 0 aliphatic carbocycles. The van der Waals surface area contributed by atoms with E-state index in [9.17, 15) is 5.11 Å². The van der Waals surface area contributed by atoms with E-state index in [1.807, 2.05) is 6.92 Å². The van der Waals surface area contributed by atoms with E-state index in [0.717, 1.165) is 5.56 Å². The fourth-order valence-electron chi connectivity index (χ4n) is 1.18. The molecule has 7 nitrogen and oxygen atoms in total. The lowest BCUT2D eigenvalue weighted by molar-refractivity contribution is 0.146. The van der Waals surface area contributed by atoms with Gasteiger partial charge in [0.15, 0.2) is 0 Å². The van der Waals surface area contributed by atoms with E-state index in [2.05, 4.69) is 20.1 Å². The molecule has 0 spiro atoms. The van der Waals surface area contributed by atoms with E-state index >= 15 is 0 Å². The Morgan fingerprint density at radius 2 is 1.94 bits per heavy atom. The molecular formula is C10H13N5O2. The van der Waals surface area contributed by atoms with E-state index in [1.54, 1.807) is 19.3 Å². The quantitative estimate of drug-likeness (QED) is 0.782. The smallest absolute Gasteiger partial charge is 0.246 e. The first-order valence-electron chi connectivity index (χ1n) is 5.14. The van der Waals surface area contributed by atoms with Gasteiger partial charge in [-0.2, -0.15) is 4.98 Å². The fourth-order valence-corrected chi connectivity index (χ4v) is 1.18. The summed E-state index contributed by atoms with van der Waals surface area (Å²) in [4.78, 5) is 12.2. The van der Waals surface area contributed by atoms with Gasteiger partial charge in [-0.25, -0.2) is 9.97 Å². The lowest BCUT2D eigenvalue weighted by Crippen LogP contribution is -2.23. The first-order valence-corrected chi connectivity index (χ1v) is 5.14. The zero-order valence-electron chi connectivity index (χ0n) is 9.53. The minimum absolute atomic E-state index is 0.166. The van der Waals surface area contributed by atoms with E-state index in [4.69, 9.17) is 10.3 Å². The number of rotatable bonds is 3. The molecule has 7 heteroatoms. The Hall–Kier alpha value is -1.86. The number of aliphatic hydroxyl groups excluding tert-OH is 1. The normalized spacial score (nSPS) is 14.6. The zero-order valence-corrected chi connectivity index (χ0v) is 9.53. The largest absolute Gasteiger partial charge is 0.391 e. The summed E-state index contributed by atoms with van der Waals surface area (Å²) in [7, 11) is 0. The van der Waals surface area contributed by atoms with Crippen molar-refractivity contribution in [2.75, 3.05) is 0 Å². The summed E-state index contributed by atoms with van der Waals surface area (Å²) in [6.45, 7) is 3.44. The molecule has 0 aromatic carbocycles. The van der Waals surface area contributed by atoms with Crippen LogP contribution in [0.1, 0.15) is 24.4 Å². The lowest BCUT2D eigenvalue weighted by atomic mass is 10.2. The topological polar surface area (TPSA) is 111 Å². The number of aliphatic hydroxyl groups is 1. The molecule has 2 heterocycles. The van der Waals surface area contributed by atoms with Crippen molar-refractivity contribution in [2.45, 2.75) is 26.0 Å². The first-order chi connectivity index (χ1) is 8.08. The maximum atomic E-state index is 9.31. The SMILES string of the molecule is Cc1cnc(-c2noc([C@@H](N)[C@@H](C)O)n2)nc1. The van der Waals surface area contributed by atoms with Crippen LogP contribution < -0.4 is 5.73 Å². The van der Waals surface area contributed by atoms with Crippen molar-refractivity contribution < 1.29 is 9.63 Å². The van der Waals surface area contributed by atoms with Gasteiger partial charge >= 0.3 is 0 Å². The zero-order chi connectivity index (χ0) is 12.4. The molecule has 0 fully saturated rings. The van der Waals surface area contributed by atoms with Crippen LogP contribution in [0.15, 0.2) is 16.9 Å². The first kappa shape index (κ1) is 11.6. The highest BCUT2D eigenvalue weighted by Gasteiger charge is 2.20. The molecule has 0 unspecified atom stereocenters. The predicted octanol–water partition coefficient (Wildman–Crippen LogP) is 0.216. The Bertz CT molecular complexity index is 494. The van der Waals surface area contributed by atoms with Gasteiger partial charge in [-0.05, 0) is 19.4 Å². The van der Waals surface area contributed by atoms with E-state index in [1.165, 1.54) is 0 Å². The highest BCUT2D eigenvalue weighted by molar-refractivity contribution is 5.41. The van der Waals surface area contributed by atoms with Crippen molar-refractivity contribution in [3.8, 4) is 11.6 Å². The number of nitrogens with zero attached hydrogens (tertiary/aromatic N) is 4. The average Bonchev–Trinajstić information content (AvgIpc) is 2.78. The number of aryl methyl sites for hydroxylation is 1. The molecule has 0 saturated carbocycles. The summed E-state index contributed by atoms with van der Waals surface area (Å²) in [5.41, 5.74) is 6.61. The molecular weight excluding hydrogens is 222 g/mol. The number of aromatic nitrogens is 4. The van der Waals surface area contributed by atoms with Gasteiger partial charge < -0.3 is 15.4 Å². The van der Waals surface area contributed by atoms with Crippen LogP contribution in [-0.4, -0.2) is 31.3 Å². The maximum Gasteiger partial charge on any atom is 0.246 e. The average molecular weight is 235 g/mol. The van der Waals surface area contributed by atoms with Crippen molar-refractivity contribution in [1.29, 1.82) is 0 Å². The monoisotopic (exact) mass is 235 g/mol. The van der Waals surface area contributed by atoms with Gasteiger partial charge in [0.25, 0.3) is 0 Å². The van der Waals surface area contributed by atoms with Crippen molar-refractivity contribution in [3.63, 3.8) is 0 Å². The molecule has 0 saturated heterocycles. The summed E-state index contributed by atoms with van der Waals surface area (Å²) in [6, 6.07) is -0.707. The third-order valence-corrected chi connectivity index (χ3v) is 2.23. The van der Waals surface area contributed by atoms with Gasteiger partial charge in [-0.3, -0.25) is 0 Å². The summed E-state index contributed by atoms with van der Waals surface area (Å²) in [5, 5.41) is 13.0. The predicted molar refractivity (Wildman–Crippen MR) is 58.7 cm³/mol. The van der Waals surface area contributed by atoms with Crippen molar-refractivity contribution in [1.82, 2.24) is 20.1 Å². The highest BCUT2D eigenvalue weighted by Crippen LogP contribution is 2.16. The lowest BCUT2D eigenvalue weighted by Gasteiger charge is -2.08. The summed E-state index contributed by atoms with van der Waals surface area (Å²) < 4.78 is 4.95. The molecule has 90 valence electrons. The second-order valence-electron chi connectivity index (χ2n) is 3.81. The van der Waals surface area contributed by atoms with Crippen LogP contribution in [0.5, 0.6) is 0 Å². The molecule has 2 aromatic rings. The molecule has 2 aromatic heterocycles. The highest BCUT2D eigenvalue weighted by atomic mass is 16.5. The van der Waals surface area contributed by atoms with Gasteiger partial charge in [0.05, 0.1) is 6.10 Å². The summed E-state index contributed by atoms with van der Waals surface area (Å²) in [5.74, 6) is 0.790. The molecule has 0 amide bonds. The minimum atomic E-state index is -0.762. The number of nitrogens with two attached hydrogens (primary N) is 1. The van der Waals surface area contributed by atoms with Gasteiger partial charge in [0.2, 0.25) is 17.5 Å². The molecule has 2 atom stereocenters. The second-order valence-corrected chi connectivity index (χ2v) is 3.81. The maximum absolute atomic E-state index is 9.31. The van der Waals surface area contributed by atoms with Gasteiger partial charge in [-0.15, -0.1) is 0 Å². The molecule has 0 radical (unpaired) electrons. The summed E-state index contributed by atoms with van der Waals surface area (Å²) in [6.07, 6.45) is 2.56. The number of hydrogen-bond donors (Lipinski definition) is 2. The van der Waals surface area contributed by atoms with Crippen molar-refractivity contribution in [2.24, 2.45) is 5.73 Å². The van der Waals surface area contributed by atoms with Crippen LogP contribution in [0, 0.1) is 6.92 Å². The molecule has 0 aliphatic rings. The standard InChI is InChI=1S/C10H13N5O2/c1-5-3-12-8(13-4-5)9-14-10(17-15-9)7(11)6(2)16/h3-4,6-7,16H,11H2,1-2H3/t6-,7+/m1/s1. The van der Waals surface area contributed by atoms with Crippen LogP contribution in [-0.2, 0) is 0 Å². The Morgan fingerprint density at radius 3 is 2.53 bits per heavy atom. The molecule has 2 rings (SSSR count). The molecule has 0 bridgehead atoms. The van der Waals surface area contributed by atoms with E-state index < -0.39 is 12.1 Å². The van der Waals surface area contributed by atoms with Crippen molar-refractivity contribution >= 4 is 0 Å². The minimum Gasteiger partial charge on any atom is -0.391 e. The van der Waals surface area contributed by atoms with Crippen molar-refractivity contribution in [3.05, 3.63) is 23.8 Å². The molecule has 17 heavy (non-hydrogen) atoms. The van der Waals surface area contributed by atoms with Crippen LogP contribution in [0.2, 0.25) is 0 Å². The van der Waals surface area contributed by atoms with Crippen LogP contribution in [0.4, 0.5) is 0 Å². The van der Waals surface area contributed by atoms with E-state index in [-0.39, 0.29) is 11.7 Å². The third kappa shape index (κ3) is 2.45. The molecule has 0 aliphatic heterocycles. The Balaban J connectivity index is 2.26. The van der Waals surface area contributed by atoms with Gasteiger partial charge in [-0.1, -0.05) is 5.16 Å². The van der Waals surface area contributed by atoms with Gasteiger partial charge in [0, 0.05) is 12.4 Å². The molecule has 3 N–H and O–H groups in total. The fraction of sp³-hybridized carbons (Fsp3) is 0.400. The van der Waals surface area contributed by atoms with Gasteiger partial charge in [0.1, 0.15) is 6.04 Å². The van der Waals surface area contributed by atoms with Crippen LogP contribution in [0.3, 0.4) is 0 Å². The van der Waals surface area contributed by atoms with Crippen LogP contribution in [0.25, 0.3) is 11.6 Å². The summed E-state index contributed by atoms with van der Waals surface area (Å²) >= 11 is 0. The van der Waals surface area contributed by atoms with E-state index in [0.29, 0.717) is 5.82 Å². The Morgan fingerprint density at radius 1 is 1.29 bits per heavy atom. The number of hydrogen-bond acceptors (Lipinski definition) is 7. The third-order valence-electron chi connectivity index (χ3n) is 2.23. The second kappa shape index (κ2) is 4.56. The Labute approximate surface area is 97.7 Å². The Kier molecular flexibility index (Phi) is 3.12.